The van der Waals surface area contributed by atoms with Crippen molar-refractivity contribution < 1.29 is 0 Å². The first kappa shape index (κ1) is 14.2. The van der Waals surface area contributed by atoms with Gasteiger partial charge in [0.25, 0.3) is 0 Å². The summed E-state index contributed by atoms with van der Waals surface area (Å²) in [5.74, 6) is 0. The molecule has 0 unspecified atom stereocenters. The van der Waals surface area contributed by atoms with Crippen molar-refractivity contribution in [3.8, 4) is 0 Å². The molecule has 0 radical (unpaired) electrons. The highest BCUT2D eigenvalue weighted by molar-refractivity contribution is 5.14. The third-order valence-corrected chi connectivity index (χ3v) is 3.26. The maximum Gasteiger partial charge on any atom is 0.0234 e. The zero-order valence-corrected chi connectivity index (χ0v) is 11.6. The third-order valence-electron chi connectivity index (χ3n) is 3.26. The molecule has 1 aromatic carbocycles. The van der Waals surface area contributed by atoms with Gasteiger partial charge in [0, 0.05) is 19.1 Å². The van der Waals surface area contributed by atoms with Crippen molar-refractivity contribution >= 4 is 0 Å². The summed E-state index contributed by atoms with van der Waals surface area (Å²) in [6, 6.07) is 10.8. The van der Waals surface area contributed by atoms with Crippen molar-refractivity contribution in [3.05, 3.63) is 35.9 Å². The van der Waals surface area contributed by atoms with Crippen LogP contribution >= 0.6 is 0 Å². The van der Waals surface area contributed by atoms with Crippen LogP contribution in [0.1, 0.15) is 33.3 Å². The predicted octanol–water partition coefficient (Wildman–Crippen LogP) is 2.88. The van der Waals surface area contributed by atoms with Gasteiger partial charge in [-0.1, -0.05) is 58.0 Å². The number of nitrogens with two attached hydrogens (primary N) is 1. The van der Waals surface area contributed by atoms with E-state index in [4.69, 9.17) is 5.73 Å². The maximum atomic E-state index is 6.24. The van der Waals surface area contributed by atoms with Crippen LogP contribution in [0.2, 0.25) is 0 Å². The summed E-state index contributed by atoms with van der Waals surface area (Å²) in [5, 5.41) is 0. The van der Waals surface area contributed by atoms with Gasteiger partial charge in [0.05, 0.1) is 0 Å². The Morgan fingerprint density at radius 3 is 2.24 bits per heavy atom. The molecule has 96 valence electrons. The molecule has 0 aliphatic carbocycles. The van der Waals surface area contributed by atoms with Crippen molar-refractivity contribution in [2.24, 2.45) is 11.1 Å². The lowest BCUT2D eigenvalue weighted by atomic mass is 9.87. The largest absolute Gasteiger partial charge is 0.326 e. The van der Waals surface area contributed by atoms with Gasteiger partial charge in [-0.25, -0.2) is 0 Å². The minimum absolute atomic E-state index is 0.171. The van der Waals surface area contributed by atoms with E-state index in [-0.39, 0.29) is 11.5 Å². The van der Waals surface area contributed by atoms with Crippen molar-refractivity contribution in [2.75, 3.05) is 13.1 Å². The molecule has 0 amide bonds. The highest BCUT2D eigenvalue weighted by Crippen LogP contribution is 2.18. The Labute approximate surface area is 106 Å². The van der Waals surface area contributed by atoms with E-state index in [1.54, 1.807) is 0 Å². The summed E-state index contributed by atoms with van der Waals surface area (Å²) in [4.78, 5) is 2.41. The van der Waals surface area contributed by atoms with Gasteiger partial charge in [-0.05, 0) is 17.5 Å². The quantitative estimate of drug-likeness (QED) is 0.849. The van der Waals surface area contributed by atoms with Crippen LogP contribution in [0.15, 0.2) is 30.3 Å². The number of nitrogens with zero attached hydrogens (tertiary/aromatic N) is 1. The average molecular weight is 234 g/mol. The molecule has 0 saturated heterocycles. The third kappa shape index (κ3) is 4.88. The van der Waals surface area contributed by atoms with Crippen molar-refractivity contribution in [1.82, 2.24) is 4.90 Å². The highest BCUT2D eigenvalue weighted by Gasteiger charge is 2.22. The molecule has 0 saturated carbocycles. The molecule has 0 fully saturated rings. The molecular formula is C15H26N2. The fraction of sp³-hybridized carbons (Fsp3) is 0.600. The first-order chi connectivity index (χ1) is 7.93. The van der Waals surface area contributed by atoms with Crippen molar-refractivity contribution in [1.29, 1.82) is 0 Å². The second kappa shape index (κ2) is 6.18. The van der Waals surface area contributed by atoms with Gasteiger partial charge >= 0.3 is 0 Å². The van der Waals surface area contributed by atoms with Gasteiger partial charge < -0.3 is 5.73 Å². The van der Waals surface area contributed by atoms with Gasteiger partial charge in [-0.3, -0.25) is 4.90 Å². The van der Waals surface area contributed by atoms with E-state index in [9.17, 15) is 0 Å². The summed E-state index contributed by atoms with van der Waals surface area (Å²) in [6.45, 7) is 11.8. The van der Waals surface area contributed by atoms with Gasteiger partial charge in [0.15, 0.2) is 0 Å². The highest BCUT2D eigenvalue weighted by atomic mass is 15.1. The molecular weight excluding hydrogens is 208 g/mol. The maximum absolute atomic E-state index is 6.24. The van der Waals surface area contributed by atoms with Gasteiger partial charge in [0.1, 0.15) is 0 Å². The molecule has 2 heteroatoms. The van der Waals surface area contributed by atoms with E-state index >= 15 is 0 Å². The summed E-state index contributed by atoms with van der Waals surface area (Å²) in [5.41, 5.74) is 7.77. The smallest absolute Gasteiger partial charge is 0.0234 e. The van der Waals surface area contributed by atoms with E-state index in [2.05, 4.69) is 62.9 Å². The Morgan fingerprint density at radius 1 is 1.18 bits per heavy atom. The Bertz CT molecular complexity index is 313. The van der Waals surface area contributed by atoms with Crippen LogP contribution in [0.3, 0.4) is 0 Å². The number of hydrogen-bond acceptors (Lipinski definition) is 2. The molecule has 0 aliphatic rings. The average Bonchev–Trinajstić information content (AvgIpc) is 2.28. The molecule has 2 nitrogen and oxygen atoms in total. The van der Waals surface area contributed by atoms with Gasteiger partial charge in [-0.15, -0.1) is 0 Å². The lowest BCUT2D eigenvalue weighted by Gasteiger charge is -2.32. The molecule has 0 aromatic heterocycles. The van der Waals surface area contributed by atoms with E-state index in [0.29, 0.717) is 0 Å². The van der Waals surface area contributed by atoms with Crippen LogP contribution in [0.4, 0.5) is 0 Å². The first-order valence-corrected chi connectivity index (χ1v) is 6.45. The normalized spacial score (nSPS) is 14.0. The second-order valence-electron chi connectivity index (χ2n) is 5.79. The molecule has 0 aliphatic heterocycles. The van der Waals surface area contributed by atoms with E-state index < -0.39 is 0 Å². The van der Waals surface area contributed by atoms with Crippen LogP contribution in [-0.2, 0) is 6.54 Å². The number of hydrogen-bond donors (Lipinski definition) is 1. The minimum atomic E-state index is 0.171. The Kier molecular flexibility index (Phi) is 5.16. The lowest BCUT2D eigenvalue weighted by Crippen LogP contribution is -2.45. The monoisotopic (exact) mass is 234 g/mol. The summed E-state index contributed by atoms with van der Waals surface area (Å²) in [6.07, 6.45) is 0. The van der Waals surface area contributed by atoms with Crippen LogP contribution in [0.5, 0.6) is 0 Å². The van der Waals surface area contributed by atoms with Gasteiger partial charge in [0.2, 0.25) is 0 Å². The molecule has 1 rings (SSSR count). The van der Waals surface area contributed by atoms with Crippen LogP contribution in [0, 0.1) is 5.41 Å². The van der Waals surface area contributed by atoms with Crippen LogP contribution < -0.4 is 5.73 Å². The van der Waals surface area contributed by atoms with E-state index in [1.807, 2.05) is 0 Å². The summed E-state index contributed by atoms with van der Waals surface area (Å²) >= 11 is 0. The molecule has 0 bridgehead atoms. The molecule has 0 spiro atoms. The van der Waals surface area contributed by atoms with Crippen LogP contribution in [0.25, 0.3) is 0 Å². The van der Waals surface area contributed by atoms with Crippen molar-refractivity contribution in [2.45, 2.75) is 40.3 Å². The lowest BCUT2D eigenvalue weighted by molar-refractivity contribution is 0.200. The second-order valence-corrected chi connectivity index (χ2v) is 5.79. The van der Waals surface area contributed by atoms with Gasteiger partial charge in [-0.2, -0.15) is 0 Å². The topological polar surface area (TPSA) is 29.3 Å². The molecule has 1 aromatic rings. The Morgan fingerprint density at radius 2 is 1.76 bits per heavy atom. The molecule has 0 heterocycles. The number of likely N-dealkylation sites (N-methyl/N-ethyl adjacent to an activating group) is 1. The molecule has 17 heavy (non-hydrogen) atoms. The fourth-order valence-electron chi connectivity index (χ4n) is 1.70. The SMILES string of the molecule is CCN(Cc1ccccc1)C[C@@H](N)C(C)(C)C. The van der Waals surface area contributed by atoms with Crippen LogP contribution in [-0.4, -0.2) is 24.0 Å². The van der Waals surface area contributed by atoms with E-state index in [1.165, 1.54) is 5.56 Å². The van der Waals surface area contributed by atoms with E-state index in [0.717, 1.165) is 19.6 Å². The predicted molar refractivity (Wildman–Crippen MR) is 74.8 cm³/mol. The first-order valence-electron chi connectivity index (χ1n) is 6.45. The molecule has 1 atom stereocenters. The number of benzene rings is 1. The zero-order valence-electron chi connectivity index (χ0n) is 11.6. The fourth-order valence-corrected chi connectivity index (χ4v) is 1.70. The van der Waals surface area contributed by atoms with Crippen molar-refractivity contribution in [3.63, 3.8) is 0 Å². The number of rotatable bonds is 5. The standard InChI is InChI=1S/C15H26N2/c1-5-17(12-14(16)15(2,3)4)11-13-9-7-6-8-10-13/h6-10,14H,5,11-12,16H2,1-4H3/t14-/m1/s1. The zero-order chi connectivity index (χ0) is 12.9. The molecule has 2 N–H and O–H groups in total. The summed E-state index contributed by atoms with van der Waals surface area (Å²) < 4.78 is 0. The Hall–Kier alpha value is -0.860. The Balaban J connectivity index is 2.55. The summed E-state index contributed by atoms with van der Waals surface area (Å²) in [7, 11) is 0. The minimum Gasteiger partial charge on any atom is -0.326 e.